The van der Waals surface area contributed by atoms with E-state index in [0.717, 1.165) is 17.9 Å². The summed E-state index contributed by atoms with van der Waals surface area (Å²) < 4.78 is 5.33. The van der Waals surface area contributed by atoms with Crippen LogP contribution in [0.5, 0.6) is 5.75 Å². The number of carbonyl (C=O) groups is 1. The second-order valence-electron chi connectivity index (χ2n) is 5.36. The lowest BCUT2D eigenvalue weighted by Crippen LogP contribution is -2.39. The molecule has 0 atom stereocenters. The lowest BCUT2D eigenvalue weighted by atomic mass is 10.2. The number of ether oxygens (including phenoxy) is 1. The summed E-state index contributed by atoms with van der Waals surface area (Å²) >= 11 is 0. The molecule has 1 saturated carbocycles. The van der Waals surface area contributed by atoms with Crippen LogP contribution in [0.3, 0.4) is 0 Å². The summed E-state index contributed by atoms with van der Waals surface area (Å²) in [7, 11) is 3.52. The highest BCUT2D eigenvalue weighted by Crippen LogP contribution is 2.26. The highest BCUT2D eigenvalue weighted by atomic mass is 16.5. The molecule has 1 amide bonds. The van der Waals surface area contributed by atoms with Crippen molar-refractivity contribution in [3.8, 4) is 5.75 Å². The lowest BCUT2D eigenvalue weighted by Gasteiger charge is -2.24. The summed E-state index contributed by atoms with van der Waals surface area (Å²) in [5, 5.41) is 0. The van der Waals surface area contributed by atoms with Gasteiger partial charge in [0.25, 0.3) is 0 Å². The molecular formula is C16H24N2O2. The first kappa shape index (κ1) is 14.9. The molecule has 1 aliphatic rings. The zero-order valence-corrected chi connectivity index (χ0v) is 12.6. The Balaban J connectivity index is 1.93. The highest BCUT2D eigenvalue weighted by Gasteiger charge is 2.29. The number of para-hydroxylation sites is 1. The molecule has 0 aromatic heterocycles. The van der Waals surface area contributed by atoms with E-state index >= 15 is 0 Å². The Bertz CT molecular complexity index is 458. The molecule has 0 radical (unpaired) electrons. The smallest absolute Gasteiger partial charge is 0.236 e. The van der Waals surface area contributed by atoms with E-state index in [1.54, 1.807) is 12.0 Å². The number of hydrogen-bond acceptors (Lipinski definition) is 3. The van der Waals surface area contributed by atoms with Gasteiger partial charge in [-0.1, -0.05) is 25.1 Å². The predicted molar refractivity (Wildman–Crippen MR) is 79.7 cm³/mol. The summed E-state index contributed by atoms with van der Waals surface area (Å²) in [4.78, 5) is 16.3. The lowest BCUT2D eigenvalue weighted by molar-refractivity contribution is -0.131. The van der Waals surface area contributed by atoms with E-state index in [0.29, 0.717) is 19.1 Å². The minimum absolute atomic E-state index is 0.171. The molecule has 2 rings (SSSR count). The monoisotopic (exact) mass is 276 g/mol. The second kappa shape index (κ2) is 6.75. The Morgan fingerprint density at radius 3 is 2.65 bits per heavy atom. The number of methoxy groups -OCH3 is 1. The molecule has 0 bridgehead atoms. The molecule has 20 heavy (non-hydrogen) atoms. The second-order valence-corrected chi connectivity index (χ2v) is 5.36. The molecule has 0 spiro atoms. The van der Waals surface area contributed by atoms with Crippen molar-refractivity contribution in [2.75, 3.05) is 27.2 Å². The van der Waals surface area contributed by atoms with Crippen LogP contribution in [0.25, 0.3) is 0 Å². The van der Waals surface area contributed by atoms with Crippen molar-refractivity contribution >= 4 is 5.91 Å². The standard InChI is InChI=1S/C16H24N2O2/c1-4-18(14-9-10-14)12-16(19)17(2)11-13-7-5-6-8-15(13)20-3/h5-8,14H,4,9-12H2,1-3H3. The fraction of sp³-hybridized carbons (Fsp3) is 0.562. The first-order valence-corrected chi connectivity index (χ1v) is 7.25. The number of likely N-dealkylation sites (N-methyl/N-ethyl adjacent to an activating group) is 2. The van der Waals surface area contributed by atoms with Gasteiger partial charge in [0.15, 0.2) is 0 Å². The van der Waals surface area contributed by atoms with Crippen LogP contribution in [0.1, 0.15) is 25.3 Å². The average molecular weight is 276 g/mol. The van der Waals surface area contributed by atoms with Crippen molar-refractivity contribution in [3.05, 3.63) is 29.8 Å². The van der Waals surface area contributed by atoms with Crippen LogP contribution >= 0.6 is 0 Å². The van der Waals surface area contributed by atoms with Crippen LogP contribution in [0.15, 0.2) is 24.3 Å². The molecule has 1 aromatic carbocycles. The van der Waals surface area contributed by atoms with E-state index in [1.165, 1.54) is 12.8 Å². The third-order valence-electron chi connectivity index (χ3n) is 3.83. The molecule has 0 saturated heterocycles. The maximum Gasteiger partial charge on any atom is 0.236 e. The molecule has 1 aromatic rings. The van der Waals surface area contributed by atoms with Crippen LogP contribution < -0.4 is 4.74 Å². The summed E-state index contributed by atoms with van der Waals surface area (Å²) in [6.45, 7) is 4.17. The van der Waals surface area contributed by atoms with E-state index in [9.17, 15) is 4.79 Å². The predicted octanol–water partition coefficient (Wildman–Crippen LogP) is 2.14. The molecule has 0 unspecified atom stereocenters. The Hall–Kier alpha value is -1.55. The maximum atomic E-state index is 12.3. The summed E-state index contributed by atoms with van der Waals surface area (Å²) in [5.41, 5.74) is 1.04. The number of hydrogen-bond donors (Lipinski definition) is 0. The molecule has 4 heteroatoms. The number of nitrogens with zero attached hydrogens (tertiary/aromatic N) is 2. The van der Waals surface area contributed by atoms with Crippen LogP contribution in [0.4, 0.5) is 0 Å². The first-order chi connectivity index (χ1) is 9.65. The summed E-state index contributed by atoms with van der Waals surface area (Å²) in [5.74, 6) is 1.01. The summed E-state index contributed by atoms with van der Waals surface area (Å²) in [6.07, 6.45) is 2.47. The van der Waals surface area contributed by atoms with E-state index in [-0.39, 0.29) is 5.91 Å². The average Bonchev–Trinajstić information content (AvgIpc) is 3.29. The molecule has 4 nitrogen and oxygen atoms in total. The van der Waals surface area contributed by atoms with Gasteiger partial charge in [0, 0.05) is 25.2 Å². The molecule has 1 aliphatic carbocycles. The molecule has 0 aliphatic heterocycles. The minimum atomic E-state index is 0.171. The zero-order chi connectivity index (χ0) is 14.5. The van der Waals surface area contributed by atoms with Gasteiger partial charge in [0.2, 0.25) is 5.91 Å². The normalized spacial score (nSPS) is 14.4. The number of amides is 1. The van der Waals surface area contributed by atoms with E-state index in [2.05, 4.69) is 11.8 Å². The summed E-state index contributed by atoms with van der Waals surface area (Å²) in [6, 6.07) is 8.47. The number of rotatable bonds is 7. The fourth-order valence-electron chi connectivity index (χ4n) is 2.41. The quantitative estimate of drug-likeness (QED) is 0.765. The van der Waals surface area contributed by atoms with Gasteiger partial charge in [-0.05, 0) is 25.5 Å². The van der Waals surface area contributed by atoms with Crippen LogP contribution in [-0.2, 0) is 11.3 Å². The molecule has 0 heterocycles. The van der Waals surface area contributed by atoms with E-state index in [4.69, 9.17) is 4.74 Å². The number of benzene rings is 1. The fourth-order valence-corrected chi connectivity index (χ4v) is 2.41. The van der Waals surface area contributed by atoms with Gasteiger partial charge in [0.1, 0.15) is 5.75 Å². The number of carbonyl (C=O) groups excluding carboxylic acids is 1. The zero-order valence-electron chi connectivity index (χ0n) is 12.6. The molecule has 1 fully saturated rings. The first-order valence-electron chi connectivity index (χ1n) is 7.25. The van der Waals surface area contributed by atoms with Crippen molar-refractivity contribution < 1.29 is 9.53 Å². The third kappa shape index (κ3) is 3.73. The van der Waals surface area contributed by atoms with Gasteiger partial charge < -0.3 is 9.64 Å². The largest absolute Gasteiger partial charge is 0.496 e. The van der Waals surface area contributed by atoms with Crippen molar-refractivity contribution in [2.45, 2.75) is 32.4 Å². The van der Waals surface area contributed by atoms with Crippen molar-refractivity contribution in [1.82, 2.24) is 9.80 Å². The van der Waals surface area contributed by atoms with Gasteiger partial charge in [-0.15, -0.1) is 0 Å². The van der Waals surface area contributed by atoms with Crippen molar-refractivity contribution in [1.29, 1.82) is 0 Å². The Kier molecular flexibility index (Phi) is 5.01. The van der Waals surface area contributed by atoms with E-state index < -0.39 is 0 Å². The SMILES string of the molecule is CCN(CC(=O)N(C)Cc1ccccc1OC)C1CC1. The van der Waals surface area contributed by atoms with Crippen molar-refractivity contribution in [2.24, 2.45) is 0 Å². The van der Waals surface area contributed by atoms with Gasteiger partial charge in [-0.25, -0.2) is 0 Å². The third-order valence-corrected chi connectivity index (χ3v) is 3.83. The van der Waals surface area contributed by atoms with E-state index in [1.807, 2.05) is 31.3 Å². The highest BCUT2D eigenvalue weighted by molar-refractivity contribution is 5.78. The van der Waals surface area contributed by atoms with Crippen molar-refractivity contribution in [3.63, 3.8) is 0 Å². The maximum absolute atomic E-state index is 12.3. The topological polar surface area (TPSA) is 32.8 Å². The van der Waals surface area contributed by atoms with Crippen LogP contribution in [0.2, 0.25) is 0 Å². The van der Waals surface area contributed by atoms with Crippen LogP contribution in [-0.4, -0.2) is 49.0 Å². The minimum Gasteiger partial charge on any atom is -0.496 e. The van der Waals surface area contributed by atoms with Crippen LogP contribution in [0, 0.1) is 0 Å². The Labute approximate surface area is 121 Å². The Morgan fingerprint density at radius 2 is 2.05 bits per heavy atom. The van der Waals surface area contributed by atoms with Gasteiger partial charge in [-0.2, -0.15) is 0 Å². The van der Waals surface area contributed by atoms with Gasteiger partial charge in [-0.3, -0.25) is 9.69 Å². The van der Waals surface area contributed by atoms with Gasteiger partial charge in [0.05, 0.1) is 13.7 Å². The molecule has 0 N–H and O–H groups in total. The van der Waals surface area contributed by atoms with Gasteiger partial charge >= 0.3 is 0 Å². The molecule has 110 valence electrons. The Morgan fingerprint density at radius 1 is 1.35 bits per heavy atom. The molecular weight excluding hydrogens is 252 g/mol.